The number of carbonyl (C=O) groups is 2. The maximum absolute atomic E-state index is 15.7. The summed E-state index contributed by atoms with van der Waals surface area (Å²) in [5, 5.41) is 3.96. The van der Waals surface area contributed by atoms with E-state index in [1.54, 1.807) is 41.7 Å². The third kappa shape index (κ3) is 15.4. The standard InChI is InChI=1S/C58H64ClF4N6O5PS3/c1-38(2)69-39(3)55(76-4)53(54(69)40-11-13-43(59)14-12-40)42-33-44(60)35-48(34-42)68-29-27-67(28-30-68)47-17-15-45(16-18-47)65-78-50-19-20-52(51(36-50)56(70)58(61,62)63)64-46(37-77-49-9-6-5-7-10-49)23-26-66-24-21-41(22-25-66)57(71)74-31-8-32-75(72)73/h5-7,9-20,33-36,38,41,46,65H,8,21-32,37H2,1-4H3,(H-,64,70,72,73)/p+1/t46-/m1/s1. The van der Waals surface area contributed by atoms with Crippen molar-refractivity contribution in [1.29, 1.82) is 0 Å². The quantitative estimate of drug-likeness (QED) is 0.0108. The molecule has 0 spiro atoms. The van der Waals surface area contributed by atoms with Crippen LogP contribution in [0.4, 0.5) is 40.3 Å². The molecule has 0 bridgehead atoms. The first-order valence-electron chi connectivity index (χ1n) is 26.1. The van der Waals surface area contributed by atoms with Gasteiger partial charge in [0.1, 0.15) is 5.82 Å². The summed E-state index contributed by atoms with van der Waals surface area (Å²) >= 11 is 10.7. The number of benzene rings is 5. The van der Waals surface area contributed by atoms with Gasteiger partial charge < -0.3 is 34.0 Å². The second-order valence-electron chi connectivity index (χ2n) is 19.7. The lowest BCUT2D eigenvalue weighted by molar-refractivity contribution is -0.150. The van der Waals surface area contributed by atoms with Gasteiger partial charge in [-0.1, -0.05) is 41.9 Å². The zero-order chi connectivity index (χ0) is 55.5. The number of ketones is 1. The second-order valence-corrected chi connectivity index (χ2v) is 24.1. The van der Waals surface area contributed by atoms with Crippen molar-refractivity contribution in [2.45, 2.75) is 79.4 Å². The molecule has 2 aliphatic rings. The first kappa shape index (κ1) is 58.9. The molecule has 8 rings (SSSR count). The van der Waals surface area contributed by atoms with Crippen LogP contribution < -0.4 is 19.8 Å². The largest absolute Gasteiger partial charge is 0.505 e. The van der Waals surface area contributed by atoms with Crippen molar-refractivity contribution in [2.75, 3.05) is 90.4 Å². The topological polar surface area (TPSA) is 119 Å². The number of anilines is 4. The number of Topliss-reactive ketones (excluding diaryl/α,β-unsaturated/α-hetero) is 1. The molecule has 0 saturated carbocycles. The van der Waals surface area contributed by atoms with Crippen molar-refractivity contribution >= 4 is 89.6 Å². The molecule has 6 aromatic rings. The van der Waals surface area contributed by atoms with Gasteiger partial charge in [-0.25, -0.2) is 4.39 Å². The molecule has 1 unspecified atom stereocenters. The van der Waals surface area contributed by atoms with E-state index in [4.69, 9.17) is 21.2 Å². The van der Waals surface area contributed by atoms with Crippen LogP contribution in [0, 0.1) is 18.7 Å². The summed E-state index contributed by atoms with van der Waals surface area (Å²) in [7, 11) is -2.27. The fraction of sp³-hybridized carbons (Fsp3) is 0.379. The normalized spacial score (nSPS) is 15.1. The summed E-state index contributed by atoms with van der Waals surface area (Å²) in [5.41, 5.74) is 7.15. The zero-order valence-corrected chi connectivity index (χ0v) is 48.1. The van der Waals surface area contributed by atoms with Crippen LogP contribution in [0.5, 0.6) is 0 Å². The minimum atomic E-state index is -5.10. The fourth-order valence-electron chi connectivity index (χ4n) is 10.1. The number of hydrogen-bond acceptors (Lipinski definition) is 12. The maximum Gasteiger partial charge on any atom is 0.505 e. The van der Waals surface area contributed by atoms with Crippen molar-refractivity contribution in [3.05, 3.63) is 137 Å². The third-order valence-electron chi connectivity index (χ3n) is 14.1. The molecule has 0 amide bonds. The highest BCUT2D eigenvalue weighted by molar-refractivity contribution is 8.00. The van der Waals surface area contributed by atoms with Gasteiger partial charge in [0.25, 0.3) is 5.78 Å². The number of aromatic nitrogens is 1. The molecule has 5 aromatic carbocycles. The number of esters is 1. The number of carbonyl (C=O) groups excluding carboxylic acids is 2. The van der Waals surface area contributed by atoms with Crippen molar-refractivity contribution in [3.63, 3.8) is 0 Å². The van der Waals surface area contributed by atoms with Gasteiger partial charge >= 0.3 is 20.2 Å². The molecule has 0 aliphatic carbocycles. The Labute approximate surface area is 473 Å². The van der Waals surface area contributed by atoms with Crippen molar-refractivity contribution in [1.82, 2.24) is 9.47 Å². The van der Waals surface area contributed by atoms with Crippen LogP contribution in [0.2, 0.25) is 5.02 Å². The van der Waals surface area contributed by atoms with Crippen molar-refractivity contribution < 1.29 is 41.3 Å². The highest BCUT2D eigenvalue weighted by atomic mass is 35.5. The zero-order valence-electron chi connectivity index (χ0n) is 44.0. The highest BCUT2D eigenvalue weighted by Gasteiger charge is 2.41. The maximum atomic E-state index is 15.7. The molecule has 11 nitrogen and oxygen atoms in total. The highest BCUT2D eigenvalue weighted by Crippen LogP contribution is 2.46. The molecule has 3 heterocycles. The molecule has 20 heteroatoms. The van der Waals surface area contributed by atoms with E-state index < -0.39 is 25.6 Å². The Hall–Kier alpha value is -5.20. The lowest BCUT2D eigenvalue weighted by Gasteiger charge is -2.37. The van der Waals surface area contributed by atoms with Crippen LogP contribution in [-0.2, 0) is 14.1 Å². The molecule has 414 valence electrons. The van der Waals surface area contributed by atoms with E-state index in [1.165, 1.54) is 12.1 Å². The lowest BCUT2D eigenvalue weighted by Crippen LogP contribution is -2.46. The first-order chi connectivity index (χ1) is 37.4. The summed E-state index contributed by atoms with van der Waals surface area (Å²) in [6, 6.07) is 35.0. The Morgan fingerprint density at radius 1 is 0.846 bits per heavy atom. The van der Waals surface area contributed by atoms with E-state index in [0.29, 0.717) is 87.2 Å². The minimum absolute atomic E-state index is 0.0797. The number of hydrogen-bond donors (Lipinski definition) is 3. The molecule has 2 atom stereocenters. The molecular weight excluding hydrogens is 1100 g/mol. The molecular formula is C58H65ClF4N6O5PS3+. The number of ether oxygens (including phenoxy) is 1. The fourth-order valence-corrected chi connectivity index (χ4v) is 13.1. The molecule has 78 heavy (non-hydrogen) atoms. The van der Waals surface area contributed by atoms with Crippen LogP contribution in [0.1, 0.15) is 61.6 Å². The monoisotopic (exact) mass is 1160 g/mol. The van der Waals surface area contributed by atoms with Gasteiger partial charge in [-0.2, -0.15) is 18.1 Å². The van der Waals surface area contributed by atoms with E-state index in [1.807, 2.05) is 78.9 Å². The minimum Gasteiger partial charge on any atom is -0.465 e. The van der Waals surface area contributed by atoms with Gasteiger partial charge in [0.2, 0.25) is 0 Å². The smallest absolute Gasteiger partial charge is 0.465 e. The van der Waals surface area contributed by atoms with Crippen molar-refractivity contribution in [3.8, 4) is 22.4 Å². The number of rotatable bonds is 23. The van der Waals surface area contributed by atoms with Gasteiger partial charge in [-0.15, -0.1) is 23.5 Å². The number of piperazine rings is 1. The van der Waals surface area contributed by atoms with Gasteiger partial charge in [-0.3, -0.25) is 9.59 Å². The van der Waals surface area contributed by atoms with E-state index in [0.717, 1.165) is 66.9 Å². The molecule has 2 aliphatic heterocycles. The van der Waals surface area contributed by atoms with Gasteiger partial charge in [0.05, 0.1) is 23.8 Å². The van der Waals surface area contributed by atoms with Crippen LogP contribution in [0.15, 0.2) is 130 Å². The lowest BCUT2D eigenvalue weighted by atomic mass is 9.96. The molecule has 0 radical (unpaired) electrons. The van der Waals surface area contributed by atoms with Crippen LogP contribution in [0.3, 0.4) is 0 Å². The Morgan fingerprint density at radius 3 is 2.17 bits per heavy atom. The summed E-state index contributed by atoms with van der Waals surface area (Å²) in [4.78, 5) is 44.0. The molecule has 2 fully saturated rings. The number of nitrogens with zero attached hydrogens (tertiary/aromatic N) is 4. The number of alkyl halides is 3. The Kier molecular flexibility index (Phi) is 20.6. The van der Waals surface area contributed by atoms with Crippen molar-refractivity contribution in [2.24, 2.45) is 5.92 Å². The summed E-state index contributed by atoms with van der Waals surface area (Å²) < 4.78 is 80.3. The van der Waals surface area contributed by atoms with E-state index in [9.17, 15) is 27.3 Å². The van der Waals surface area contributed by atoms with Crippen LogP contribution in [0.25, 0.3) is 22.4 Å². The Bertz CT molecular complexity index is 3010. The predicted molar refractivity (Wildman–Crippen MR) is 313 cm³/mol. The summed E-state index contributed by atoms with van der Waals surface area (Å²) in [6.45, 7) is 11.2. The van der Waals surface area contributed by atoms with Crippen LogP contribution >= 0.6 is 55.1 Å². The van der Waals surface area contributed by atoms with Gasteiger partial charge in [0, 0.05) is 111 Å². The van der Waals surface area contributed by atoms with E-state index in [-0.39, 0.29) is 48.2 Å². The summed E-state index contributed by atoms with van der Waals surface area (Å²) in [5.74, 6) is -2.30. The SMILES string of the molecule is CSc1c(-c2cc(F)cc(N3CCN(c4ccc(NSc5ccc(N[C@H](CCN6CCC(C(=O)OCCC[P+](=O)O)CC6)CSc6ccccc6)c(C(=O)C(F)(F)F)c5)cc4)CC3)c2)c(-c2ccc(Cl)cc2)n(C(C)C)c1C. The number of halogens is 5. The van der Waals surface area contributed by atoms with Gasteiger partial charge in [0.15, 0.2) is 6.16 Å². The number of likely N-dealkylation sites (tertiary alicyclic amines) is 1. The van der Waals surface area contributed by atoms with E-state index in [2.05, 4.69) is 62.4 Å². The Morgan fingerprint density at radius 2 is 1.53 bits per heavy atom. The summed E-state index contributed by atoms with van der Waals surface area (Å²) in [6.07, 6.45) is -0.901. The Balaban J connectivity index is 0.898. The van der Waals surface area contributed by atoms with Gasteiger partial charge in [-0.05, 0) is 172 Å². The number of thioether (sulfide) groups is 2. The number of piperidine rings is 1. The average molecular weight is 1160 g/mol. The third-order valence-corrected chi connectivity index (χ3v) is 17.9. The second kappa shape index (κ2) is 27.3. The van der Waals surface area contributed by atoms with E-state index >= 15 is 4.39 Å². The predicted octanol–water partition coefficient (Wildman–Crippen LogP) is 14.8. The first-order valence-corrected chi connectivity index (χ1v) is 30.9. The van der Waals surface area contributed by atoms with Crippen LogP contribution in [-0.4, -0.2) is 109 Å². The molecule has 3 N–H and O–H groups in total. The number of nitrogens with one attached hydrogen (secondary N) is 2. The molecule has 2 saturated heterocycles. The molecule has 1 aromatic heterocycles. The average Bonchev–Trinajstić information content (AvgIpc) is 3.84.